The summed E-state index contributed by atoms with van der Waals surface area (Å²) in [6, 6.07) is 56.3. The third-order valence-corrected chi connectivity index (χ3v) is 9.99. The second-order valence-corrected chi connectivity index (χ2v) is 12.9. The van der Waals surface area contributed by atoms with Crippen molar-refractivity contribution < 1.29 is 8.83 Å². The number of para-hydroxylation sites is 3. The SMILES string of the molecule is c1ccc(-c2cc(-c3cccc(-n4c5ccccc5c5c6oc7ccccc7c6c6c7ccccc7oc6c54)c3)nc(-c3ccccc3)n2)cc1. The highest BCUT2D eigenvalue weighted by Crippen LogP contribution is 2.48. The molecule has 0 amide bonds. The molecule has 5 nitrogen and oxygen atoms in total. The molecule has 238 valence electrons. The van der Waals surface area contributed by atoms with Gasteiger partial charge in [0.25, 0.3) is 0 Å². The Morgan fingerprint density at radius 1 is 0.412 bits per heavy atom. The van der Waals surface area contributed by atoms with Gasteiger partial charge in [-0.1, -0.05) is 127 Å². The molecule has 0 fully saturated rings. The number of aromatic nitrogens is 3. The summed E-state index contributed by atoms with van der Waals surface area (Å²) in [5, 5.41) is 6.43. The summed E-state index contributed by atoms with van der Waals surface area (Å²) in [5.41, 5.74) is 11.2. The molecule has 0 radical (unpaired) electrons. The molecule has 0 spiro atoms. The Bertz CT molecular complexity index is 3080. The van der Waals surface area contributed by atoms with Crippen LogP contribution in [0.25, 0.3) is 105 Å². The zero-order valence-corrected chi connectivity index (χ0v) is 27.2. The Balaban J connectivity index is 1.23. The van der Waals surface area contributed by atoms with E-state index in [0.29, 0.717) is 5.82 Å². The smallest absolute Gasteiger partial charge is 0.160 e. The fraction of sp³-hybridized carbons (Fsp3) is 0. The number of furan rings is 2. The Kier molecular flexibility index (Phi) is 5.89. The lowest BCUT2D eigenvalue weighted by molar-refractivity contribution is 0.667. The van der Waals surface area contributed by atoms with Crippen molar-refractivity contribution in [3.05, 3.63) is 164 Å². The molecule has 0 saturated carbocycles. The normalized spacial score (nSPS) is 11.9. The van der Waals surface area contributed by atoms with Crippen molar-refractivity contribution in [2.45, 2.75) is 0 Å². The van der Waals surface area contributed by atoms with E-state index in [1.807, 2.05) is 60.7 Å². The van der Waals surface area contributed by atoms with Gasteiger partial charge in [0.2, 0.25) is 0 Å². The van der Waals surface area contributed by atoms with E-state index in [1.54, 1.807) is 0 Å². The largest absolute Gasteiger partial charge is 0.455 e. The van der Waals surface area contributed by atoms with Crippen LogP contribution in [0.15, 0.2) is 173 Å². The molecule has 0 bridgehead atoms. The van der Waals surface area contributed by atoms with Crippen molar-refractivity contribution in [1.29, 1.82) is 0 Å². The lowest BCUT2D eigenvalue weighted by atomic mass is 10.0. The van der Waals surface area contributed by atoms with Gasteiger partial charge in [-0.2, -0.15) is 0 Å². The number of nitrogens with zero attached hydrogens (tertiary/aromatic N) is 3. The van der Waals surface area contributed by atoms with Crippen LogP contribution in [0.2, 0.25) is 0 Å². The van der Waals surface area contributed by atoms with Gasteiger partial charge in [-0.3, -0.25) is 0 Å². The molecule has 5 heteroatoms. The topological polar surface area (TPSA) is 57.0 Å². The van der Waals surface area contributed by atoms with Gasteiger partial charge >= 0.3 is 0 Å². The molecule has 4 heterocycles. The van der Waals surface area contributed by atoms with E-state index in [9.17, 15) is 0 Å². The van der Waals surface area contributed by atoms with Crippen LogP contribution in [0.5, 0.6) is 0 Å². The number of hydrogen-bond donors (Lipinski definition) is 0. The molecule has 0 unspecified atom stereocenters. The van der Waals surface area contributed by atoms with E-state index < -0.39 is 0 Å². The second-order valence-electron chi connectivity index (χ2n) is 12.9. The summed E-state index contributed by atoms with van der Waals surface area (Å²) in [6.45, 7) is 0. The van der Waals surface area contributed by atoms with E-state index in [0.717, 1.165) is 99.4 Å². The minimum atomic E-state index is 0.686. The molecule has 4 aromatic heterocycles. The first-order chi connectivity index (χ1) is 25.3. The molecule has 0 aliphatic carbocycles. The molecular weight excluding hydrogens is 627 g/mol. The van der Waals surface area contributed by atoms with Crippen molar-refractivity contribution >= 4 is 65.7 Å². The molecule has 0 aliphatic rings. The van der Waals surface area contributed by atoms with Crippen molar-refractivity contribution in [1.82, 2.24) is 14.5 Å². The fourth-order valence-corrected chi connectivity index (χ4v) is 7.76. The molecule has 11 aromatic rings. The van der Waals surface area contributed by atoms with E-state index in [1.165, 1.54) is 0 Å². The zero-order chi connectivity index (χ0) is 33.5. The summed E-state index contributed by atoms with van der Waals surface area (Å²) >= 11 is 0. The van der Waals surface area contributed by atoms with Crippen LogP contribution < -0.4 is 0 Å². The van der Waals surface area contributed by atoms with Gasteiger partial charge < -0.3 is 13.4 Å². The molecule has 0 N–H and O–H groups in total. The van der Waals surface area contributed by atoms with Gasteiger partial charge in [0, 0.05) is 49.3 Å². The molecule has 0 aliphatic heterocycles. The first-order valence-corrected chi connectivity index (χ1v) is 17.1. The quantitative estimate of drug-likeness (QED) is 0.190. The second kappa shape index (κ2) is 10.8. The highest BCUT2D eigenvalue weighted by atomic mass is 16.3. The Morgan fingerprint density at radius 2 is 0.961 bits per heavy atom. The minimum Gasteiger partial charge on any atom is -0.455 e. The Hall–Kier alpha value is -6.98. The summed E-state index contributed by atoms with van der Waals surface area (Å²) in [6.07, 6.45) is 0. The van der Waals surface area contributed by atoms with Gasteiger partial charge in [-0.05, 0) is 36.4 Å². The van der Waals surface area contributed by atoms with Gasteiger partial charge in [0.05, 0.1) is 22.3 Å². The van der Waals surface area contributed by atoms with Crippen molar-refractivity contribution in [2.75, 3.05) is 0 Å². The van der Waals surface area contributed by atoms with Crippen LogP contribution in [0, 0.1) is 0 Å². The molecule has 11 rings (SSSR count). The monoisotopic (exact) mass is 653 g/mol. The highest BCUT2D eigenvalue weighted by molar-refractivity contribution is 6.38. The molecule has 7 aromatic carbocycles. The maximum atomic E-state index is 6.85. The van der Waals surface area contributed by atoms with Crippen LogP contribution in [-0.2, 0) is 0 Å². The van der Waals surface area contributed by atoms with Crippen LogP contribution in [0.4, 0.5) is 0 Å². The standard InChI is InChI=1S/C46H27N3O2/c1-3-14-28(15-4-1)35-27-36(48-46(47-35)29-16-5-2-6-17-29)30-18-13-19-31(26-30)49-37-23-10-7-20-32(37)42-43(49)45-41(34-22-9-12-25-39(34)51-45)40-33-21-8-11-24-38(33)50-44(40)42/h1-27H. The zero-order valence-electron chi connectivity index (χ0n) is 27.2. The third kappa shape index (κ3) is 4.15. The molecule has 51 heavy (non-hydrogen) atoms. The first kappa shape index (κ1) is 27.9. The van der Waals surface area contributed by atoms with Crippen LogP contribution in [0.1, 0.15) is 0 Å². The first-order valence-electron chi connectivity index (χ1n) is 17.1. The van der Waals surface area contributed by atoms with E-state index in [4.69, 9.17) is 18.8 Å². The molecular formula is C46H27N3O2. The summed E-state index contributed by atoms with van der Waals surface area (Å²) in [7, 11) is 0. The summed E-state index contributed by atoms with van der Waals surface area (Å²) in [5.74, 6) is 0.686. The van der Waals surface area contributed by atoms with E-state index in [2.05, 4.69) is 108 Å². The predicted molar refractivity (Wildman–Crippen MR) is 207 cm³/mol. The Labute approximate surface area is 291 Å². The van der Waals surface area contributed by atoms with E-state index >= 15 is 0 Å². The predicted octanol–water partition coefficient (Wildman–Crippen LogP) is 12.4. The summed E-state index contributed by atoms with van der Waals surface area (Å²) in [4.78, 5) is 10.2. The fourth-order valence-electron chi connectivity index (χ4n) is 7.76. The maximum absolute atomic E-state index is 6.85. The van der Waals surface area contributed by atoms with Crippen LogP contribution in [0.3, 0.4) is 0 Å². The van der Waals surface area contributed by atoms with Gasteiger partial charge in [-0.15, -0.1) is 0 Å². The average molecular weight is 654 g/mol. The van der Waals surface area contributed by atoms with E-state index in [-0.39, 0.29) is 0 Å². The van der Waals surface area contributed by atoms with Gasteiger partial charge in [0.1, 0.15) is 22.3 Å². The van der Waals surface area contributed by atoms with Crippen LogP contribution in [-0.4, -0.2) is 14.5 Å². The van der Waals surface area contributed by atoms with Gasteiger partial charge in [-0.25, -0.2) is 9.97 Å². The van der Waals surface area contributed by atoms with Crippen molar-refractivity contribution in [2.24, 2.45) is 0 Å². The van der Waals surface area contributed by atoms with Crippen molar-refractivity contribution in [3.8, 4) is 39.6 Å². The third-order valence-electron chi connectivity index (χ3n) is 9.99. The molecule has 0 atom stereocenters. The number of rotatable bonds is 4. The lowest BCUT2D eigenvalue weighted by Crippen LogP contribution is -1.98. The maximum Gasteiger partial charge on any atom is 0.160 e. The Morgan fingerprint density at radius 3 is 1.69 bits per heavy atom. The lowest BCUT2D eigenvalue weighted by Gasteiger charge is -2.12. The highest BCUT2D eigenvalue weighted by Gasteiger charge is 2.26. The molecule has 0 saturated heterocycles. The van der Waals surface area contributed by atoms with Crippen LogP contribution >= 0.6 is 0 Å². The minimum absolute atomic E-state index is 0.686. The summed E-state index contributed by atoms with van der Waals surface area (Å²) < 4.78 is 15.9. The number of benzene rings is 7. The number of hydrogen-bond acceptors (Lipinski definition) is 4. The average Bonchev–Trinajstić information content (AvgIpc) is 3.88. The number of fused-ring (bicyclic) bond motifs is 12. The van der Waals surface area contributed by atoms with Crippen molar-refractivity contribution in [3.63, 3.8) is 0 Å². The van der Waals surface area contributed by atoms with Gasteiger partial charge in [0.15, 0.2) is 11.4 Å².